The van der Waals surface area contributed by atoms with Crippen LogP contribution in [0.3, 0.4) is 0 Å². The van der Waals surface area contributed by atoms with Crippen molar-refractivity contribution in [2.75, 3.05) is 7.05 Å². The van der Waals surface area contributed by atoms with E-state index in [4.69, 9.17) is 0 Å². The number of rotatable bonds is 5. The predicted octanol–water partition coefficient (Wildman–Crippen LogP) is 5.26. The molecule has 0 heterocycles. The molecule has 0 aromatic heterocycles. The summed E-state index contributed by atoms with van der Waals surface area (Å²) in [7, 11) is 2.02. The molecule has 0 aliphatic rings. The van der Waals surface area contributed by atoms with Crippen molar-refractivity contribution in [1.29, 1.82) is 0 Å². The van der Waals surface area contributed by atoms with Gasteiger partial charge < -0.3 is 5.32 Å². The third-order valence-corrected chi connectivity index (χ3v) is 4.40. The van der Waals surface area contributed by atoms with Crippen LogP contribution < -0.4 is 5.32 Å². The van der Waals surface area contributed by atoms with E-state index >= 15 is 0 Å². The van der Waals surface area contributed by atoms with Crippen LogP contribution in [0.15, 0.2) is 46.9 Å². The Morgan fingerprint density at radius 1 is 1.10 bits per heavy atom. The Labute approximate surface area is 136 Å². The molecule has 21 heavy (non-hydrogen) atoms. The molecule has 112 valence electrons. The molecule has 0 aliphatic carbocycles. The Morgan fingerprint density at radius 3 is 2.52 bits per heavy atom. The highest BCUT2D eigenvalue weighted by Gasteiger charge is 2.15. The van der Waals surface area contributed by atoms with E-state index in [0.717, 1.165) is 10.9 Å². The fraction of sp³-hybridized carbons (Fsp3) is 0.368. The maximum atomic E-state index is 3.69. The first-order valence-electron chi connectivity index (χ1n) is 7.53. The molecule has 0 radical (unpaired) electrons. The summed E-state index contributed by atoms with van der Waals surface area (Å²) in [5, 5.41) is 3.45. The van der Waals surface area contributed by atoms with Crippen molar-refractivity contribution in [2.45, 2.75) is 33.2 Å². The van der Waals surface area contributed by atoms with Gasteiger partial charge in [0.15, 0.2) is 0 Å². The second-order valence-electron chi connectivity index (χ2n) is 6.09. The van der Waals surface area contributed by atoms with Gasteiger partial charge in [0.2, 0.25) is 0 Å². The molecule has 1 atom stereocenters. The minimum absolute atomic E-state index is 0.214. The van der Waals surface area contributed by atoms with E-state index in [-0.39, 0.29) is 6.04 Å². The lowest BCUT2D eigenvalue weighted by atomic mass is 9.94. The first-order chi connectivity index (χ1) is 10.0. The van der Waals surface area contributed by atoms with Crippen LogP contribution >= 0.6 is 15.9 Å². The van der Waals surface area contributed by atoms with Crippen LogP contribution in [-0.2, 0) is 6.42 Å². The van der Waals surface area contributed by atoms with E-state index in [1.54, 1.807) is 0 Å². The third-order valence-electron chi connectivity index (χ3n) is 3.68. The highest BCUT2D eigenvalue weighted by atomic mass is 79.9. The van der Waals surface area contributed by atoms with Gasteiger partial charge in [0, 0.05) is 4.47 Å². The normalized spacial score (nSPS) is 12.7. The topological polar surface area (TPSA) is 12.0 Å². The zero-order valence-corrected chi connectivity index (χ0v) is 14.9. The Balaban J connectivity index is 2.39. The molecule has 2 aromatic carbocycles. The van der Waals surface area contributed by atoms with Gasteiger partial charge in [-0.1, -0.05) is 71.7 Å². The van der Waals surface area contributed by atoms with Crippen molar-refractivity contribution in [3.05, 3.63) is 69.2 Å². The molecular formula is C19H24BrN. The van der Waals surface area contributed by atoms with Crippen LogP contribution in [-0.4, -0.2) is 7.05 Å². The lowest BCUT2D eigenvalue weighted by Crippen LogP contribution is -2.18. The molecule has 0 saturated heterocycles. The Morgan fingerprint density at radius 2 is 1.86 bits per heavy atom. The summed E-state index contributed by atoms with van der Waals surface area (Å²) in [5.41, 5.74) is 5.31. The predicted molar refractivity (Wildman–Crippen MR) is 94.8 cm³/mol. The SMILES string of the molecule is CNC(c1cccc(CC(C)C)c1)c1cc(C)ccc1Br. The first-order valence-corrected chi connectivity index (χ1v) is 8.32. The Bertz CT molecular complexity index is 604. The molecular weight excluding hydrogens is 322 g/mol. The molecule has 2 heteroatoms. The van der Waals surface area contributed by atoms with E-state index in [9.17, 15) is 0 Å². The number of benzene rings is 2. The minimum Gasteiger partial charge on any atom is -0.309 e. The molecule has 2 rings (SSSR count). The monoisotopic (exact) mass is 345 g/mol. The third kappa shape index (κ3) is 4.18. The maximum Gasteiger partial charge on any atom is 0.0585 e. The van der Waals surface area contributed by atoms with Gasteiger partial charge in [0.05, 0.1) is 6.04 Å². The van der Waals surface area contributed by atoms with Crippen molar-refractivity contribution >= 4 is 15.9 Å². The van der Waals surface area contributed by atoms with Gasteiger partial charge >= 0.3 is 0 Å². The molecule has 0 bridgehead atoms. The standard InChI is InChI=1S/C19H24BrN/c1-13(2)10-15-6-5-7-16(12-15)19(21-4)17-11-14(3)8-9-18(17)20/h5-9,11-13,19,21H,10H2,1-4H3. The molecule has 0 amide bonds. The quantitative estimate of drug-likeness (QED) is 0.778. The van der Waals surface area contributed by atoms with Crippen molar-refractivity contribution < 1.29 is 0 Å². The van der Waals surface area contributed by atoms with Crippen LogP contribution in [0.5, 0.6) is 0 Å². The number of nitrogens with one attached hydrogen (secondary N) is 1. The van der Waals surface area contributed by atoms with Crippen molar-refractivity contribution in [3.8, 4) is 0 Å². The molecule has 1 unspecified atom stereocenters. The Hall–Kier alpha value is -1.12. The van der Waals surface area contributed by atoms with Gasteiger partial charge in [-0.05, 0) is 49.1 Å². The summed E-state index contributed by atoms with van der Waals surface area (Å²) in [5.74, 6) is 0.680. The van der Waals surface area contributed by atoms with Crippen molar-refractivity contribution in [1.82, 2.24) is 5.32 Å². The maximum absolute atomic E-state index is 3.69. The van der Waals surface area contributed by atoms with Crippen LogP contribution in [0.25, 0.3) is 0 Å². The number of hydrogen-bond acceptors (Lipinski definition) is 1. The summed E-state index contributed by atoms with van der Waals surface area (Å²) in [6.07, 6.45) is 1.12. The van der Waals surface area contributed by atoms with Gasteiger partial charge in [-0.15, -0.1) is 0 Å². The number of hydrogen-bond donors (Lipinski definition) is 1. The van der Waals surface area contributed by atoms with Crippen LogP contribution in [0.2, 0.25) is 0 Å². The van der Waals surface area contributed by atoms with E-state index in [2.05, 4.69) is 84.5 Å². The van der Waals surface area contributed by atoms with Crippen LogP contribution in [0.4, 0.5) is 0 Å². The molecule has 0 fully saturated rings. The fourth-order valence-electron chi connectivity index (χ4n) is 2.76. The fourth-order valence-corrected chi connectivity index (χ4v) is 3.23. The average molecular weight is 346 g/mol. The second-order valence-corrected chi connectivity index (χ2v) is 6.94. The van der Waals surface area contributed by atoms with Crippen LogP contribution in [0.1, 0.15) is 42.1 Å². The van der Waals surface area contributed by atoms with Gasteiger partial charge in [-0.25, -0.2) is 0 Å². The molecule has 1 N–H and O–H groups in total. The van der Waals surface area contributed by atoms with Gasteiger partial charge in [-0.2, -0.15) is 0 Å². The number of halogens is 1. The zero-order chi connectivity index (χ0) is 15.4. The molecule has 2 aromatic rings. The smallest absolute Gasteiger partial charge is 0.0585 e. The van der Waals surface area contributed by atoms with Gasteiger partial charge in [-0.3, -0.25) is 0 Å². The highest BCUT2D eigenvalue weighted by Crippen LogP contribution is 2.30. The summed E-state index contributed by atoms with van der Waals surface area (Å²) in [4.78, 5) is 0. The largest absolute Gasteiger partial charge is 0.309 e. The van der Waals surface area contributed by atoms with Gasteiger partial charge in [0.1, 0.15) is 0 Å². The number of aryl methyl sites for hydroxylation is 1. The van der Waals surface area contributed by atoms with E-state index in [1.807, 2.05) is 7.05 Å². The summed E-state index contributed by atoms with van der Waals surface area (Å²) < 4.78 is 1.15. The molecule has 0 spiro atoms. The molecule has 1 nitrogen and oxygen atoms in total. The first kappa shape index (κ1) is 16.3. The highest BCUT2D eigenvalue weighted by molar-refractivity contribution is 9.10. The lowest BCUT2D eigenvalue weighted by molar-refractivity contribution is 0.643. The second kappa shape index (κ2) is 7.24. The van der Waals surface area contributed by atoms with Gasteiger partial charge in [0.25, 0.3) is 0 Å². The van der Waals surface area contributed by atoms with E-state index in [0.29, 0.717) is 5.92 Å². The molecule has 0 aliphatic heterocycles. The van der Waals surface area contributed by atoms with E-state index < -0.39 is 0 Å². The Kier molecular flexibility index (Phi) is 5.60. The van der Waals surface area contributed by atoms with Crippen LogP contribution in [0, 0.1) is 12.8 Å². The minimum atomic E-state index is 0.214. The summed E-state index contributed by atoms with van der Waals surface area (Å²) in [6.45, 7) is 6.66. The average Bonchev–Trinajstić information content (AvgIpc) is 2.43. The van der Waals surface area contributed by atoms with Crippen molar-refractivity contribution in [3.63, 3.8) is 0 Å². The zero-order valence-electron chi connectivity index (χ0n) is 13.3. The van der Waals surface area contributed by atoms with Crippen molar-refractivity contribution in [2.24, 2.45) is 5.92 Å². The molecule has 0 saturated carbocycles. The summed E-state index contributed by atoms with van der Waals surface area (Å²) >= 11 is 3.69. The lowest BCUT2D eigenvalue weighted by Gasteiger charge is -2.20. The van der Waals surface area contributed by atoms with E-state index in [1.165, 1.54) is 22.3 Å². The summed E-state index contributed by atoms with van der Waals surface area (Å²) in [6, 6.07) is 15.7.